The van der Waals surface area contributed by atoms with Crippen molar-refractivity contribution in [1.82, 2.24) is 9.97 Å². The molecule has 2 heterocycles. The fraction of sp³-hybridized carbons (Fsp3) is 0.231. The summed E-state index contributed by atoms with van der Waals surface area (Å²) >= 11 is 0. The Kier molecular flexibility index (Phi) is 5.48. The average Bonchev–Trinajstić information content (AvgIpc) is 3.18. The van der Waals surface area contributed by atoms with Gasteiger partial charge in [-0.3, -0.25) is 9.59 Å². The number of methoxy groups -OCH3 is 1. The first-order valence-electron chi connectivity index (χ1n) is 10.9. The summed E-state index contributed by atoms with van der Waals surface area (Å²) in [4.78, 5) is 34.1. The minimum atomic E-state index is -0.285. The van der Waals surface area contributed by atoms with Crippen LogP contribution in [-0.2, 0) is 4.74 Å². The van der Waals surface area contributed by atoms with Gasteiger partial charge in [-0.15, -0.1) is 0 Å². The Morgan fingerprint density at radius 3 is 2.55 bits per heavy atom. The van der Waals surface area contributed by atoms with E-state index in [1.54, 1.807) is 24.3 Å². The number of nitrogens with one attached hydrogen (secondary N) is 2. The molecule has 1 amide bonds. The number of aromatic amines is 2. The lowest BCUT2D eigenvalue weighted by atomic mass is 9.87. The molecule has 2 aromatic heterocycles. The third-order valence-electron chi connectivity index (χ3n) is 6.20. The first-order valence-corrected chi connectivity index (χ1v) is 10.9. The summed E-state index contributed by atoms with van der Waals surface area (Å²) in [5.41, 5.74) is 1.37. The fourth-order valence-electron chi connectivity index (χ4n) is 4.35. The van der Waals surface area contributed by atoms with Crippen LogP contribution in [0.3, 0.4) is 0 Å². The van der Waals surface area contributed by atoms with E-state index < -0.39 is 0 Å². The zero-order valence-corrected chi connectivity index (χ0v) is 18.5. The van der Waals surface area contributed by atoms with Gasteiger partial charge in [0.15, 0.2) is 5.75 Å². The van der Waals surface area contributed by atoms with Crippen LogP contribution in [0.4, 0.5) is 5.69 Å². The van der Waals surface area contributed by atoms with Crippen LogP contribution in [0.25, 0.3) is 10.8 Å². The number of hydrogen-bond acceptors (Lipinski definition) is 4. The molecule has 0 spiro atoms. The molecule has 4 aromatic rings. The van der Waals surface area contributed by atoms with E-state index in [1.807, 2.05) is 61.5 Å². The minimum Gasteiger partial charge on any atom is -0.455 e. The Balaban J connectivity index is 1.57. The monoisotopic (exact) mass is 443 g/mol. The smallest absolute Gasteiger partial charge is 0.275 e. The molecule has 33 heavy (non-hydrogen) atoms. The second kappa shape index (κ2) is 8.60. The van der Waals surface area contributed by atoms with Gasteiger partial charge in [-0.05, 0) is 50.1 Å². The van der Waals surface area contributed by atoms with E-state index >= 15 is 0 Å². The molecule has 0 atom stereocenters. The summed E-state index contributed by atoms with van der Waals surface area (Å²) < 4.78 is 11.6. The zero-order chi connectivity index (χ0) is 22.9. The number of amides is 1. The Morgan fingerprint density at radius 2 is 1.79 bits per heavy atom. The zero-order valence-electron chi connectivity index (χ0n) is 18.5. The summed E-state index contributed by atoms with van der Waals surface area (Å²) in [7, 11) is 1.68. The van der Waals surface area contributed by atoms with Crippen LogP contribution in [0.1, 0.15) is 29.0 Å². The number of benzene rings is 2. The molecule has 1 aliphatic rings. The van der Waals surface area contributed by atoms with E-state index in [-0.39, 0.29) is 29.3 Å². The highest BCUT2D eigenvalue weighted by molar-refractivity contribution is 6.07. The number of hydrogen-bond donors (Lipinski definition) is 2. The number of carbonyl (C=O) groups excluding carboxylic acids is 1. The average molecular weight is 444 g/mol. The SMILES string of the molecule is CO[C@H]1C[C@H](N(C(=O)c2cc3c[nH]c(C)c3c(=O)[nH]2)c2ccccc2Oc2ccccc2)C1. The van der Waals surface area contributed by atoms with Crippen molar-refractivity contribution in [3.8, 4) is 11.5 Å². The normalized spacial score (nSPS) is 17.5. The van der Waals surface area contributed by atoms with E-state index in [0.29, 0.717) is 40.8 Å². The lowest BCUT2D eigenvalue weighted by Crippen LogP contribution is -2.51. The minimum absolute atomic E-state index is 0.0740. The summed E-state index contributed by atoms with van der Waals surface area (Å²) in [5.74, 6) is 0.966. The molecule has 0 unspecified atom stereocenters. The van der Waals surface area contributed by atoms with Crippen LogP contribution in [0.5, 0.6) is 11.5 Å². The quantitative estimate of drug-likeness (QED) is 0.449. The predicted octanol–water partition coefficient (Wildman–Crippen LogP) is 4.78. The molecule has 5 rings (SSSR count). The van der Waals surface area contributed by atoms with Crippen molar-refractivity contribution in [2.45, 2.75) is 31.9 Å². The lowest BCUT2D eigenvalue weighted by Gasteiger charge is -2.42. The molecule has 7 nitrogen and oxygen atoms in total. The van der Waals surface area contributed by atoms with Crippen LogP contribution >= 0.6 is 0 Å². The van der Waals surface area contributed by atoms with E-state index in [9.17, 15) is 9.59 Å². The lowest BCUT2D eigenvalue weighted by molar-refractivity contribution is 0.0249. The van der Waals surface area contributed by atoms with Crippen molar-refractivity contribution in [2.75, 3.05) is 12.0 Å². The second-order valence-corrected chi connectivity index (χ2v) is 8.30. The maximum atomic E-state index is 13.8. The van der Waals surface area contributed by atoms with E-state index in [1.165, 1.54) is 0 Å². The van der Waals surface area contributed by atoms with E-state index in [2.05, 4.69) is 9.97 Å². The largest absolute Gasteiger partial charge is 0.455 e. The maximum absolute atomic E-state index is 13.8. The molecular weight excluding hydrogens is 418 g/mol. The van der Waals surface area contributed by atoms with Crippen LogP contribution in [-0.4, -0.2) is 35.1 Å². The summed E-state index contributed by atoms with van der Waals surface area (Å²) in [5, 5.41) is 1.27. The maximum Gasteiger partial charge on any atom is 0.275 e. The van der Waals surface area contributed by atoms with Crippen molar-refractivity contribution in [3.05, 3.63) is 88.6 Å². The Morgan fingerprint density at radius 1 is 1.06 bits per heavy atom. The van der Waals surface area contributed by atoms with Gasteiger partial charge in [-0.1, -0.05) is 30.3 Å². The Labute approximate surface area is 191 Å². The van der Waals surface area contributed by atoms with Crippen molar-refractivity contribution in [2.24, 2.45) is 0 Å². The molecular formula is C26H25N3O4. The number of carbonyl (C=O) groups is 1. The number of rotatable bonds is 6. The number of pyridine rings is 1. The molecule has 2 aromatic carbocycles. The van der Waals surface area contributed by atoms with Gasteiger partial charge in [0.1, 0.15) is 11.4 Å². The Bertz CT molecular complexity index is 1350. The van der Waals surface area contributed by atoms with Crippen molar-refractivity contribution in [3.63, 3.8) is 0 Å². The third kappa shape index (κ3) is 3.91. The molecule has 0 aliphatic heterocycles. The van der Waals surface area contributed by atoms with Gasteiger partial charge in [0.2, 0.25) is 0 Å². The molecule has 0 radical (unpaired) electrons. The number of anilines is 1. The molecule has 168 valence electrons. The molecule has 0 bridgehead atoms. The predicted molar refractivity (Wildman–Crippen MR) is 127 cm³/mol. The van der Waals surface area contributed by atoms with Crippen LogP contribution in [0, 0.1) is 6.92 Å². The molecule has 7 heteroatoms. The van der Waals surface area contributed by atoms with Gasteiger partial charge in [-0.25, -0.2) is 0 Å². The molecule has 2 N–H and O–H groups in total. The van der Waals surface area contributed by atoms with Crippen molar-refractivity contribution >= 4 is 22.4 Å². The standard InChI is InChI=1S/C26H25N3O4/c1-16-24-17(15-27-16)12-21(28-25(24)30)26(31)29(18-13-20(14-18)32-2)22-10-6-7-11-23(22)33-19-8-4-3-5-9-19/h3-12,15,18,20,27H,13-14H2,1-2H3,(H,28,30)/t18-,20-. The number of ether oxygens (including phenoxy) is 2. The van der Waals surface area contributed by atoms with E-state index in [0.717, 1.165) is 5.69 Å². The number of aryl methyl sites for hydroxylation is 1. The van der Waals surface area contributed by atoms with Gasteiger partial charge in [0, 0.05) is 30.4 Å². The van der Waals surface area contributed by atoms with Gasteiger partial charge in [-0.2, -0.15) is 0 Å². The van der Waals surface area contributed by atoms with Crippen LogP contribution in [0.2, 0.25) is 0 Å². The summed E-state index contributed by atoms with van der Waals surface area (Å²) in [6.07, 6.45) is 3.26. The highest BCUT2D eigenvalue weighted by Crippen LogP contribution is 2.39. The summed E-state index contributed by atoms with van der Waals surface area (Å²) in [6, 6.07) is 18.6. The van der Waals surface area contributed by atoms with E-state index in [4.69, 9.17) is 9.47 Å². The number of H-pyrrole nitrogens is 2. The molecule has 1 aliphatic carbocycles. The number of nitrogens with zero attached hydrogens (tertiary/aromatic N) is 1. The second-order valence-electron chi connectivity index (χ2n) is 8.30. The first kappa shape index (κ1) is 21.0. The van der Waals surface area contributed by atoms with Gasteiger partial charge >= 0.3 is 0 Å². The number of aromatic nitrogens is 2. The van der Waals surface area contributed by atoms with Crippen molar-refractivity contribution in [1.29, 1.82) is 0 Å². The van der Waals surface area contributed by atoms with Crippen LogP contribution < -0.4 is 15.2 Å². The Hall–Kier alpha value is -3.84. The number of para-hydroxylation sites is 3. The van der Waals surface area contributed by atoms with Gasteiger partial charge in [0.05, 0.1) is 17.2 Å². The third-order valence-corrected chi connectivity index (χ3v) is 6.20. The van der Waals surface area contributed by atoms with Gasteiger partial charge in [0.25, 0.3) is 11.5 Å². The summed E-state index contributed by atoms with van der Waals surface area (Å²) in [6.45, 7) is 1.84. The molecule has 1 fully saturated rings. The van der Waals surface area contributed by atoms with Gasteiger partial charge < -0.3 is 24.3 Å². The highest BCUT2D eigenvalue weighted by atomic mass is 16.5. The fourth-order valence-corrected chi connectivity index (χ4v) is 4.35. The van der Waals surface area contributed by atoms with Crippen molar-refractivity contribution < 1.29 is 14.3 Å². The van der Waals surface area contributed by atoms with Crippen LogP contribution in [0.15, 0.2) is 71.7 Å². The highest BCUT2D eigenvalue weighted by Gasteiger charge is 2.39. The number of fused-ring (bicyclic) bond motifs is 1. The first-order chi connectivity index (χ1) is 16.0. The molecule has 1 saturated carbocycles. The molecule has 0 saturated heterocycles. The topological polar surface area (TPSA) is 87.4 Å².